The summed E-state index contributed by atoms with van der Waals surface area (Å²) < 4.78 is 63.5. The van der Waals surface area contributed by atoms with Crippen LogP contribution in [0.5, 0.6) is 0 Å². The van der Waals surface area contributed by atoms with Crippen LogP contribution < -0.4 is 4.72 Å². The lowest BCUT2D eigenvalue weighted by Gasteiger charge is -2.20. The van der Waals surface area contributed by atoms with Crippen LogP contribution in [-0.2, 0) is 16.6 Å². The van der Waals surface area contributed by atoms with Gasteiger partial charge in [0.05, 0.1) is 11.5 Å². The van der Waals surface area contributed by atoms with Crippen LogP contribution in [0.15, 0.2) is 29.2 Å². The first kappa shape index (κ1) is 14.3. The van der Waals surface area contributed by atoms with Crippen molar-refractivity contribution in [1.82, 2.24) is 4.72 Å². The molecule has 0 spiro atoms. The number of hydrogen-bond donors (Lipinski definition) is 2. The maximum atomic E-state index is 12.7. The zero-order valence-corrected chi connectivity index (χ0v) is 10.6. The van der Waals surface area contributed by atoms with Gasteiger partial charge >= 0.3 is 6.18 Å². The third-order valence-electron chi connectivity index (χ3n) is 3.04. The SMILES string of the molecule is O=S(=O)(NC1(C(F)(F)F)CC1)c1ccc(CO)cc1. The van der Waals surface area contributed by atoms with Crippen molar-refractivity contribution in [3.8, 4) is 0 Å². The Kier molecular flexibility index (Phi) is 3.36. The molecule has 0 amide bonds. The van der Waals surface area contributed by atoms with Gasteiger partial charge in [-0.15, -0.1) is 0 Å². The average Bonchev–Trinajstić information content (AvgIpc) is 3.09. The smallest absolute Gasteiger partial charge is 0.392 e. The molecule has 4 nitrogen and oxygen atoms in total. The first-order chi connectivity index (χ1) is 8.70. The minimum absolute atomic E-state index is 0.246. The molecule has 0 aromatic heterocycles. The number of aliphatic hydroxyl groups excluding tert-OH is 1. The largest absolute Gasteiger partial charge is 0.407 e. The topological polar surface area (TPSA) is 66.4 Å². The molecule has 0 unspecified atom stereocenters. The molecule has 8 heteroatoms. The number of nitrogens with one attached hydrogen (secondary N) is 1. The van der Waals surface area contributed by atoms with Crippen molar-refractivity contribution in [1.29, 1.82) is 0 Å². The predicted molar refractivity (Wildman–Crippen MR) is 60.7 cm³/mol. The van der Waals surface area contributed by atoms with E-state index in [9.17, 15) is 21.6 Å². The molecular formula is C11H12F3NO3S. The van der Waals surface area contributed by atoms with Gasteiger partial charge in [0, 0.05) is 0 Å². The number of hydrogen-bond acceptors (Lipinski definition) is 3. The second-order valence-electron chi connectivity index (χ2n) is 4.49. The second kappa shape index (κ2) is 4.46. The van der Waals surface area contributed by atoms with Gasteiger partial charge in [0.1, 0.15) is 5.54 Å². The van der Waals surface area contributed by atoms with Crippen molar-refractivity contribution in [3.63, 3.8) is 0 Å². The highest BCUT2D eigenvalue weighted by atomic mass is 32.2. The minimum Gasteiger partial charge on any atom is -0.392 e. The molecule has 0 bridgehead atoms. The number of rotatable bonds is 4. The first-order valence-electron chi connectivity index (χ1n) is 5.51. The van der Waals surface area contributed by atoms with Crippen LogP contribution in [0.25, 0.3) is 0 Å². The lowest BCUT2D eigenvalue weighted by molar-refractivity contribution is -0.160. The summed E-state index contributed by atoms with van der Waals surface area (Å²) in [6.07, 6.45) is -5.08. The Hall–Kier alpha value is -1.12. The molecule has 19 heavy (non-hydrogen) atoms. The molecule has 1 aromatic rings. The van der Waals surface area contributed by atoms with Crippen molar-refractivity contribution in [2.75, 3.05) is 0 Å². The minimum atomic E-state index is -4.59. The summed E-state index contributed by atoms with van der Waals surface area (Å²) in [6, 6.07) is 5.03. The van der Waals surface area contributed by atoms with Gasteiger partial charge in [-0.25, -0.2) is 8.42 Å². The standard InChI is InChI=1S/C11H12F3NO3S/c12-11(13,14)10(5-6-10)15-19(17,18)9-3-1-8(7-16)2-4-9/h1-4,15-16H,5-7H2. The summed E-state index contributed by atoms with van der Waals surface area (Å²) in [5.41, 5.74) is -1.84. The Morgan fingerprint density at radius 1 is 1.21 bits per heavy atom. The fraction of sp³-hybridized carbons (Fsp3) is 0.455. The molecule has 0 heterocycles. The van der Waals surface area contributed by atoms with Gasteiger partial charge in [-0.3, -0.25) is 0 Å². The molecule has 0 saturated heterocycles. The third-order valence-corrected chi connectivity index (χ3v) is 4.59. The number of benzene rings is 1. The van der Waals surface area contributed by atoms with Crippen LogP contribution in [0.4, 0.5) is 13.2 Å². The Balaban J connectivity index is 2.23. The van der Waals surface area contributed by atoms with Crippen molar-refractivity contribution < 1.29 is 26.7 Å². The number of sulfonamides is 1. The fourth-order valence-electron chi connectivity index (χ4n) is 1.66. The lowest BCUT2D eigenvalue weighted by Crippen LogP contribution is -2.47. The van der Waals surface area contributed by atoms with E-state index in [1.54, 1.807) is 4.72 Å². The highest BCUT2D eigenvalue weighted by molar-refractivity contribution is 7.89. The Labute approximate surface area is 108 Å². The van der Waals surface area contributed by atoms with Gasteiger partial charge < -0.3 is 5.11 Å². The molecule has 106 valence electrons. The third kappa shape index (κ3) is 2.75. The van der Waals surface area contributed by atoms with E-state index in [1.807, 2.05) is 0 Å². The summed E-state index contributed by atoms with van der Waals surface area (Å²) in [5.74, 6) is 0. The monoisotopic (exact) mass is 295 g/mol. The normalized spacial score (nSPS) is 18.3. The van der Waals surface area contributed by atoms with E-state index in [2.05, 4.69) is 0 Å². The van der Waals surface area contributed by atoms with Crippen LogP contribution in [0.1, 0.15) is 18.4 Å². The van der Waals surface area contributed by atoms with Gasteiger partial charge in [0.15, 0.2) is 0 Å². The van der Waals surface area contributed by atoms with Gasteiger partial charge in [0.2, 0.25) is 10.0 Å². The molecule has 1 fully saturated rings. The van der Waals surface area contributed by atoms with Crippen molar-refractivity contribution >= 4 is 10.0 Å². The van der Waals surface area contributed by atoms with Crippen LogP contribution in [-0.4, -0.2) is 25.2 Å². The van der Waals surface area contributed by atoms with Crippen LogP contribution in [0.3, 0.4) is 0 Å². The van der Waals surface area contributed by atoms with E-state index in [0.717, 1.165) is 0 Å². The first-order valence-corrected chi connectivity index (χ1v) is 6.99. The van der Waals surface area contributed by atoms with Gasteiger partial charge in [-0.1, -0.05) is 12.1 Å². The van der Waals surface area contributed by atoms with Gasteiger partial charge in [-0.05, 0) is 30.5 Å². The summed E-state index contributed by atoms with van der Waals surface area (Å²) in [6.45, 7) is -0.264. The van der Waals surface area contributed by atoms with Crippen LogP contribution >= 0.6 is 0 Å². The van der Waals surface area contributed by atoms with E-state index in [-0.39, 0.29) is 24.3 Å². The van der Waals surface area contributed by atoms with E-state index >= 15 is 0 Å². The van der Waals surface area contributed by atoms with Crippen molar-refractivity contribution in [3.05, 3.63) is 29.8 Å². The predicted octanol–water partition coefficient (Wildman–Crippen LogP) is 1.55. The fourth-order valence-corrected chi connectivity index (χ4v) is 3.11. The quantitative estimate of drug-likeness (QED) is 0.885. The molecule has 1 aromatic carbocycles. The average molecular weight is 295 g/mol. The van der Waals surface area contributed by atoms with E-state index < -0.39 is 21.7 Å². The molecule has 0 atom stereocenters. The molecule has 0 aliphatic heterocycles. The maximum absolute atomic E-state index is 12.7. The number of alkyl halides is 3. The zero-order valence-electron chi connectivity index (χ0n) is 9.74. The van der Waals surface area contributed by atoms with Gasteiger partial charge in [0.25, 0.3) is 0 Å². The molecule has 0 radical (unpaired) electrons. The van der Waals surface area contributed by atoms with Crippen molar-refractivity contribution in [2.45, 2.75) is 36.1 Å². The summed E-state index contributed by atoms with van der Waals surface area (Å²) >= 11 is 0. The number of halogens is 3. The Morgan fingerprint density at radius 2 is 1.74 bits per heavy atom. The molecule has 1 saturated carbocycles. The van der Waals surface area contributed by atoms with E-state index in [4.69, 9.17) is 5.11 Å². The van der Waals surface area contributed by atoms with E-state index in [1.165, 1.54) is 24.3 Å². The molecule has 1 aliphatic carbocycles. The highest BCUT2D eigenvalue weighted by Gasteiger charge is 2.65. The Bertz CT molecular complexity index is 562. The molecular weight excluding hydrogens is 283 g/mol. The molecule has 2 N–H and O–H groups in total. The summed E-state index contributed by atoms with van der Waals surface area (Å²) in [4.78, 5) is -0.250. The van der Waals surface area contributed by atoms with E-state index in [0.29, 0.717) is 5.56 Å². The van der Waals surface area contributed by atoms with Crippen LogP contribution in [0.2, 0.25) is 0 Å². The summed E-state index contributed by atoms with van der Waals surface area (Å²) in [5, 5.41) is 8.82. The maximum Gasteiger partial charge on any atom is 0.407 e. The molecule has 2 rings (SSSR count). The van der Waals surface area contributed by atoms with Crippen molar-refractivity contribution in [2.24, 2.45) is 0 Å². The second-order valence-corrected chi connectivity index (χ2v) is 6.17. The Morgan fingerprint density at radius 3 is 2.11 bits per heavy atom. The summed E-state index contributed by atoms with van der Waals surface area (Å²) in [7, 11) is -4.22. The number of aliphatic hydroxyl groups is 1. The molecule has 1 aliphatic rings. The van der Waals surface area contributed by atoms with Crippen LogP contribution in [0, 0.1) is 0 Å². The lowest BCUT2D eigenvalue weighted by atomic mass is 10.2. The zero-order chi connectivity index (χ0) is 14.3. The highest BCUT2D eigenvalue weighted by Crippen LogP contribution is 2.49. The van der Waals surface area contributed by atoms with Gasteiger partial charge in [-0.2, -0.15) is 17.9 Å².